The molecule has 0 saturated carbocycles. The van der Waals surface area contributed by atoms with Gasteiger partial charge in [0.2, 0.25) is 0 Å². The summed E-state index contributed by atoms with van der Waals surface area (Å²) in [5.74, 6) is 0. The molecule has 5 heteroatoms. The third-order valence-corrected chi connectivity index (χ3v) is 5.67. The number of hydrogen-bond acceptors (Lipinski definition) is 3. The maximum absolute atomic E-state index is 11.0. The molecule has 3 nitrogen and oxygen atoms in total. The lowest BCUT2D eigenvalue weighted by Crippen LogP contribution is -2.33. The lowest BCUT2D eigenvalue weighted by Gasteiger charge is -2.29. The van der Waals surface area contributed by atoms with Crippen molar-refractivity contribution in [3.8, 4) is 11.3 Å². The Bertz CT molecular complexity index is 937. The van der Waals surface area contributed by atoms with Crippen molar-refractivity contribution in [1.82, 2.24) is 9.88 Å². The minimum absolute atomic E-state index is 0.569. The van der Waals surface area contributed by atoms with Crippen LogP contribution in [0.4, 0.5) is 0 Å². The number of aliphatic hydroxyl groups excluding tert-OH is 1. The van der Waals surface area contributed by atoms with Crippen LogP contribution in [-0.2, 0) is 0 Å². The molecule has 0 spiro atoms. The van der Waals surface area contributed by atoms with Crippen LogP contribution in [0.25, 0.3) is 22.2 Å². The zero-order chi connectivity index (χ0) is 18.8. The summed E-state index contributed by atoms with van der Waals surface area (Å²) in [6, 6.07) is 15.2. The Morgan fingerprint density at radius 2 is 1.63 bits per heavy atom. The Morgan fingerprint density at radius 1 is 0.926 bits per heavy atom. The van der Waals surface area contributed by atoms with Crippen molar-refractivity contribution in [1.29, 1.82) is 0 Å². The van der Waals surface area contributed by atoms with Gasteiger partial charge in [0, 0.05) is 27.5 Å². The maximum atomic E-state index is 11.0. The average molecular weight is 401 g/mol. The summed E-state index contributed by atoms with van der Waals surface area (Å²) in [6.07, 6.45) is 3.12. The normalized spacial score (nSPS) is 16.6. The largest absolute Gasteiger partial charge is 0.387 e. The molecule has 27 heavy (non-hydrogen) atoms. The summed E-state index contributed by atoms with van der Waals surface area (Å²) in [5.41, 5.74) is 3.47. The average Bonchev–Trinajstić information content (AvgIpc) is 2.68. The standard InChI is InChI=1S/C22H22Cl2N2O/c23-16-6-4-15(5-7-16)20-13-19(18-9-8-17(24)12-21(18)25-20)22(27)14-26-10-2-1-3-11-26/h4-9,12-13,22,27H,1-3,10-11,14H2. The maximum Gasteiger partial charge on any atom is 0.0924 e. The van der Waals surface area contributed by atoms with Crippen LogP contribution < -0.4 is 0 Å². The third-order valence-electron chi connectivity index (χ3n) is 5.18. The van der Waals surface area contributed by atoms with E-state index in [1.165, 1.54) is 19.3 Å². The van der Waals surface area contributed by atoms with Crippen LogP contribution in [0.5, 0.6) is 0 Å². The summed E-state index contributed by atoms with van der Waals surface area (Å²) in [7, 11) is 0. The number of benzene rings is 2. The third kappa shape index (κ3) is 4.27. The smallest absolute Gasteiger partial charge is 0.0924 e. The van der Waals surface area contributed by atoms with Crippen LogP contribution in [0, 0.1) is 0 Å². The second-order valence-electron chi connectivity index (χ2n) is 7.14. The van der Waals surface area contributed by atoms with Crippen molar-refractivity contribution in [2.24, 2.45) is 0 Å². The monoisotopic (exact) mass is 400 g/mol. The first-order valence-electron chi connectivity index (χ1n) is 9.37. The number of piperidine rings is 1. The SMILES string of the molecule is OC(CN1CCCCC1)c1cc(-c2ccc(Cl)cc2)nc2cc(Cl)ccc12. The predicted octanol–water partition coefficient (Wildman–Crippen LogP) is 5.73. The van der Waals surface area contributed by atoms with E-state index < -0.39 is 6.10 Å². The zero-order valence-corrected chi connectivity index (χ0v) is 16.5. The number of likely N-dealkylation sites (tertiary alicyclic amines) is 1. The van der Waals surface area contributed by atoms with Gasteiger partial charge in [-0.05, 0) is 61.8 Å². The number of fused-ring (bicyclic) bond motifs is 1. The Kier molecular flexibility index (Phi) is 5.65. The molecule has 1 N–H and O–H groups in total. The van der Waals surface area contributed by atoms with Gasteiger partial charge < -0.3 is 10.0 Å². The quantitative estimate of drug-likeness (QED) is 0.607. The van der Waals surface area contributed by atoms with Crippen molar-refractivity contribution in [3.63, 3.8) is 0 Å². The van der Waals surface area contributed by atoms with Crippen LogP contribution >= 0.6 is 23.2 Å². The van der Waals surface area contributed by atoms with E-state index in [2.05, 4.69) is 4.90 Å². The number of β-amino-alcohol motifs (C(OH)–C–C–N with tert-alkyl or cyclic N) is 1. The highest BCUT2D eigenvalue weighted by atomic mass is 35.5. The molecule has 0 bridgehead atoms. The lowest BCUT2D eigenvalue weighted by atomic mass is 9.99. The molecule has 0 aliphatic carbocycles. The molecule has 2 aromatic carbocycles. The zero-order valence-electron chi connectivity index (χ0n) is 15.0. The van der Waals surface area contributed by atoms with E-state index in [-0.39, 0.29) is 0 Å². The number of pyridine rings is 1. The Hall–Kier alpha value is -1.65. The number of hydrogen-bond donors (Lipinski definition) is 1. The van der Waals surface area contributed by atoms with E-state index in [1.807, 2.05) is 48.5 Å². The number of nitrogens with zero attached hydrogens (tertiary/aromatic N) is 2. The van der Waals surface area contributed by atoms with E-state index in [0.29, 0.717) is 16.6 Å². The topological polar surface area (TPSA) is 36.4 Å². The van der Waals surface area contributed by atoms with Gasteiger partial charge in [0.1, 0.15) is 0 Å². The molecular weight excluding hydrogens is 379 g/mol. The Morgan fingerprint density at radius 3 is 2.37 bits per heavy atom. The first-order valence-corrected chi connectivity index (χ1v) is 10.1. The molecule has 1 aliphatic heterocycles. The molecule has 0 amide bonds. The molecule has 4 rings (SSSR count). The van der Waals surface area contributed by atoms with E-state index >= 15 is 0 Å². The van der Waals surface area contributed by atoms with Gasteiger partial charge in [0.25, 0.3) is 0 Å². The van der Waals surface area contributed by atoms with E-state index in [9.17, 15) is 5.11 Å². The Labute approximate surface area is 169 Å². The van der Waals surface area contributed by atoms with Crippen molar-refractivity contribution < 1.29 is 5.11 Å². The van der Waals surface area contributed by atoms with Gasteiger partial charge in [0.05, 0.1) is 17.3 Å². The van der Waals surface area contributed by atoms with Crippen LogP contribution in [0.2, 0.25) is 10.0 Å². The van der Waals surface area contributed by atoms with Crippen molar-refractivity contribution in [2.75, 3.05) is 19.6 Å². The van der Waals surface area contributed by atoms with Gasteiger partial charge >= 0.3 is 0 Å². The number of rotatable bonds is 4. The fourth-order valence-electron chi connectivity index (χ4n) is 3.76. The van der Waals surface area contributed by atoms with Gasteiger partial charge in [-0.1, -0.05) is 47.8 Å². The number of halogens is 2. The second kappa shape index (κ2) is 8.15. The summed E-state index contributed by atoms with van der Waals surface area (Å²) < 4.78 is 0. The minimum atomic E-state index is -0.569. The van der Waals surface area contributed by atoms with E-state index in [1.54, 1.807) is 0 Å². The highest BCUT2D eigenvalue weighted by molar-refractivity contribution is 6.31. The van der Waals surface area contributed by atoms with Crippen LogP contribution in [0.3, 0.4) is 0 Å². The molecule has 1 saturated heterocycles. The van der Waals surface area contributed by atoms with E-state index in [4.69, 9.17) is 28.2 Å². The van der Waals surface area contributed by atoms with Crippen LogP contribution in [0.1, 0.15) is 30.9 Å². The molecule has 1 aliphatic rings. The molecule has 1 aromatic heterocycles. The minimum Gasteiger partial charge on any atom is -0.387 e. The summed E-state index contributed by atoms with van der Waals surface area (Å²) in [4.78, 5) is 7.12. The lowest BCUT2D eigenvalue weighted by molar-refractivity contribution is 0.102. The Balaban J connectivity index is 1.75. The molecule has 1 unspecified atom stereocenters. The molecule has 0 radical (unpaired) electrons. The highest BCUT2D eigenvalue weighted by Crippen LogP contribution is 2.31. The fraction of sp³-hybridized carbons (Fsp3) is 0.318. The van der Waals surface area contributed by atoms with Gasteiger partial charge in [-0.15, -0.1) is 0 Å². The fourth-order valence-corrected chi connectivity index (χ4v) is 4.05. The summed E-state index contributed by atoms with van der Waals surface area (Å²) in [6.45, 7) is 2.74. The summed E-state index contributed by atoms with van der Waals surface area (Å²) in [5, 5.41) is 13.3. The van der Waals surface area contributed by atoms with Gasteiger partial charge in [0.15, 0.2) is 0 Å². The van der Waals surface area contributed by atoms with Crippen LogP contribution in [0.15, 0.2) is 48.5 Å². The highest BCUT2D eigenvalue weighted by Gasteiger charge is 2.19. The molecule has 3 aromatic rings. The van der Waals surface area contributed by atoms with E-state index in [0.717, 1.165) is 40.8 Å². The first-order chi connectivity index (χ1) is 13.1. The first kappa shape index (κ1) is 18.7. The number of aliphatic hydroxyl groups is 1. The van der Waals surface area contributed by atoms with Gasteiger partial charge in [-0.2, -0.15) is 0 Å². The van der Waals surface area contributed by atoms with Gasteiger partial charge in [-0.3, -0.25) is 0 Å². The number of aromatic nitrogens is 1. The van der Waals surface area contributed by atoms with Crippen molar-refractivity contribution in [3.05, 3.63) is 64.1 Å². The van der Waals surface area contributed by atoms with Crippen molar-refractivity contribution in [2.45, 2.75) is 25.4 Å². The second-order valence-corrected chi connectivity index (χ2v) is 8.02. The molecule has 1 atom stereocenters. The molecule has 2 heterocycles. The predicted molar refractivity (Wildman–Crippen MR) is 112 cm³/mol. The molecule has 1 fully saturated rings. The summed E-state index contributed by atoms with van der Waals surface area (Å²) >= 11 is 12.2. The molecular formula is C22H22Cl2N2O. The van der Waals surface area contributed by atoms with Crippen molar-refractivity contribution >= 4 is 34.1 Å². The van der Waals surface area contributed by atoms with Crippen LogP contribution in [-0.4, -0.2) is 34.6 Å². The molecule has 140 valence electrons. The van der Waals surface area contributed by atoms with Gasteiger partial charge in [-0.25, -0.2) is 4.98 Å².